The molecule has 0 radical (unpaired) electrons. The minimum atomic E-state index is -4.19. The topological polar surface area (TPSA) is 199 Å². The second-order valence-electron chi connectivity index (χ2n) is 16.9. The fraction of sp³-hybridized carbons (Fsp3) is 0.375. The van der Waals surface area contributed by atoms with Crippen molar-refractivity contribution in [3.05, 3.63) is 135 Å². The van der Waals surface area contributed by atoms with Crippen molar-refractivity contribution in [2.24, 2.45) is 16.1 Å². The van der Waals surface area contributed by atoms with E-state index in [2.05, 4.69) is 26.9 Å². The Hall–Kier alpha value is -6.15. The molecule has 328 valence electrons. The molecule has 62 heavy (non-hydrogen) atoms. The predicted molar refractivity (Wildman–Crippen MR) is 240 cm³/mol. The normalized spacial score (nSPS) is 17.5. The highest BCUT2D eigenvalue weighted by molar-refractivity contribution is 7.94. The Balaban J connectivity index is 1.20. The van der Waals surface area contributed by atoms with E-state index >= 15 is 0 Å². The van der Waals surface area contributed by atoms with Crippen LogP contribution < -0.4 is 25.8 Å². The van der Waals surface area contributed by atoms with E-state index in [1.807, 2.05) is 83.1 Å². The highest BCUT2D eigenvalue weighted by Gasteiger charge is 2.43. The molecule has 1 unspecified atom stereocenters. The lowest BCUT2D eigenvalue weighted by Gasteiger charge is -2.38. The molecule has 3 aromatic rings. The molecule has 13 nitrogen and oxygen atoms in total. The van der Waals surface area contributed by atoms with Crippen LogP contribution in [-0.4, -0.2) is 62.0 Å². The van der Waals surface area contributed by atoms with Gasteiger partial charge in [0.1, 0.15) is 36.0 Å². The summed E-state index contributed by atoms with van der Waals surface area (Å²) < 4.78 is 42.3. The first-order valence-corrected chi connectivity index (χ1v) is 22.4. The van der Waals surface area contributed by atoms with E-state index in [9.17, 15) is 27.9 Å². The zero-order chi connectivity index (χ0) is 44.9. The van der Waals surface area contributed by atoms with Crippen molar-refractivity contribution >= 4 is 33.8 Å². The Morgan fingerprint density at radius 3 is 2.19 bits per heavy atom. The van der Waals surface area contributed by atoms with Crippen LogP contribution in [0.4, 0.5) is 0 Å². The first-order chi connectivity index (χ1) is 29.4. The number of carboxylic acid groups (broad SMARTS) is 1. The van der Waals surface area contributed by atoms with Gasteiger partial charge >= 0.3 is 5.97 Å². The number of nitrogens with zero attached hydrogens (tertiary/aromatic N) is 1. The number of ether oxygens (including phenoxy) is 2. The van der Waals surface area contributed by atoms with Crippen molar-refractivity contribution in [1.82, 2.24) is 15.4 Å². The van der Waals surface area contributed by atoms with Gasteiger partial charge in [0.15, 0.2) is 0 Å². The molecule has 0 spiro atoms. The number of hydrogen-bond acceptors (Lipinski definition) is 8. The van der Waals surface area contributed by atoms with E-state index in [1.54, 1.807) is 37.3 Å². The molecule has 3 aromatic carbocycles. The Kier molecular flexibility index (Phi) is 13.8. The highest BCUT2D eigenvalue weighted by Crippen LogP contribution is 2.50. The zero-order valence-corrected chi connectivity index (χ0v) is 37.0. The van der Waals surface area contributed by atoms with Gasteiger partial charge in [0.2, 0.25) is 17.8 Å². The largest absolute Gasteiger partial charge is 0.490 e. The van der Waals surface area contributed by atoms with E-state index in [4.69, 9.17) is 15.2 Å². The minimum Gasteiger partial charge on any atom is -0.490 e. The molecule has 2 amide bonds. The number of amides is 2. The van der Waals surface area contributed by atoms with Crippen molar-refractivity contribution in [3.63, 3.8) is 0 Å². The van der Waals surface area contributed by atoms with Crippen molar-refractivity contribution in [2.75, 3.05) is 6.61 Å². The molecule has 0 saturated carbocycles. The standard InChI is InChI=1S/C48H57N5O8S/c1-8-25-60-33-20-18-32(19-21-33)26-41(46(56)57)52-45(55)40(51-42(54)27-39-37-15-11-9-13-35(37)36-14-10-12-16-38(36)39)22-17-28(2)50-47(49)53-62(58,59)44-43-29(3)30(4)61-31(5)34(43)23-24-48(44,6)7/h8-16,18-21,28,39-41H,1,17,22-27H2,2-7H3,(H,51,54)(H,52,55)(H,56,57)(H3,49,50,53)/t28?,40-,41+/m1/s1. The summed E-state index contributed by atoms with van der Waals surface area (Å²) in [6, 6.07) is 19.6. The van der Waals surface area contributed by atoms with E-state index < -0.39 is 51.3 Å². The maximum Gasteiger partial charge on any atom is 0.326 e. The fourth-order valence-electron chi connectivity index (χ4n) is 8.64. The van der Waals surface area contributed by atoms with Gasteiger partial charge in [0.25, 0.3) is 10.0 Å². The monoisotopic (exact) mass is 863 g/mol. The molecule has 3 aliphatic rings. The third kappa shape index (κ3) is 10.1. The Labute approximate surface area is 364 Å². The van der Waals surface area contributed by atoms with Gasteiger partial charge in [0.05, 0.1) is 10.9 Å². The van der Waals surface area contributed by atoms with E-state index in [-0.39, 0.29) is 42.5 Å². The number of carbonyl (C=O) groups excluding carboxylic acids is 2. The van der Waals surface area contributed by atoms with Gasteiger partial charge in [0, 0.05) is 29.7 Å². The number of carboxylic acids is 1. The van der Waals surface area contributed by atoms with Gasteiger partial charge in [-0.2, -0.15) is 0 Å². The second-order valence-corrected chi connectivity index (χ2v) is 18.5. The summed E-state index contributed by atoms with van der Waals surface area (Å²) in [5.41, 5.74) is 12.6. The lowest BCUT2D eigenvalue weighted by atomic mass is 9.74. The van der Waals surface area contributed by atoms with Crippen LogP contribution in [0.3, 0.4) is 0 Å². The third-order valence-corrected chi connectivity index (χ3v) is 13.6. The maximum atomic E-state index is 14.2. The SMILES string of the molecule is C=CCOc1ccc(C[C@H](NC(=O)[C@@H](CCC(C)N=C(N)NS(=O)(=O)C2=C3C(C)=C(C)OC(C)=C3CCC2(C)C)NC(=O)CC2c3ccccc3-c3ccccc32)C(=O)O)cc1. The summed E-state index contributed by atoms with van der Waals surface area (Å²) in [5.74, 6) is -1.02. The number of guanidine groups is 1. The molecule has 2 aliphatic carbocycles. The zero-order valence-electron chi connectivity index (χ0n) is 36.2. The molecule has 1 aliphatic heterocycles. The van der Waals surface area contributed by atoms with Crippen LogP contribution >= 0.6 is 0 Å². The molecular formula is C48H57N5O8S. The van der Waals surface area contributed by atoms with Gasteiger partial charge in [-0.3, -0.25) is 9.59 Å². The number of nitrogens with one attached hydrogen (secondary N) is 3. The highest BCUT2D eigenvalue weighted by atomic mass is 32.2. The lowest BCUT2D eigenvalue weighted by Crippen LogP contribution is -2.52. The first kappa shape index (κ1) is 45.4. The molecule has 3 atom stereocenters. The van der Waals surface area contributed by atoms with Crippen molar-refractivity contribution in [3.8, 4) is 16.9 Å². The number of aliphatic imine (C=N–C) groups is 1. The van der Waals surface area contributed by atoms with Crippen molar-refractivity contribution in [1.29, 1.82) is 0 Å². The molecule has 0 aromatic heterocycles. The fourth-order valence-corrected chi connectivity index (χ4v) is 10.4. The molecule has 6 rings (SSSR count). The Morgan fingerprint density at radius 2 is 1.58 bits per heavy atom. The average molecular weight is 864 g/mol. The number of aliphatic carboxylic acids is 1. The number of hydrogen-bond donors (Lipinski definition) is 5. The van der Waals surface area contributed by atoms with Crippen LogP contribution in [-0.2, 0) is 35.6 Å². The lowest BCUT2D eigenvalue weighted by molar-refractivity contribution is -0.142. The number of nitrogens with two attached hydrogens (primary N) is 1. The summed E-state index contributed by atoms with van der Waals surface area (Å²) >= 11 is 0. The first-order valence-electron chi connectivity index (χ1n) is 20.9. The van der Waals surface area contributed by atoms with Crippen LogP contribution in [0, 0.1) is 5.41 Å². The molecule has 0 saturated heterocycles. The molecule has 1 heterocycles. The minimum absolute atomic E-state index is 0.0236. The third-order valence-electron chi connectivity index (χ3n) is 11.9. The van der Waals surface area contributed by atoms with Gasteiger partial charge in [-0.05, 0) is 104 Å². The number of fused-ring (bicyclic) bond motifs is 4. The van der Waals surface area contributed by atoms with Crippen molar-refractivity contribution in [2.45, 2.75) is 104 Å². The van der Waals surface area contributed by atoms with Gasteiger partial charge in [-0.25, -0.2) is 22.9 Å². The van der Waals surface area contributed by atoms with E-state index in [0.29, 0.717) is 47.9 Å². The number of sulfonamides is 1. The number of carbonyl (C=O) groups is 3. The molecule has 14 heteroatoms. The molecule has 0 bridgehead atoms. The van der Waals surface area contributed by atoms with Crippen LogP contribution in [0.1, 0.15) is 96.3 Å². The Bertz CT molecular complexity index is 2440. The summed E-state index contributed by atoms with van der Waals surface area (Å²) in [6.45, 7) is 15.0. The van der Waals surface area contributed by atoms with Crippen LogP contribution in [0.2, 0.25) is 0 Å². The smallest absolute Gasteiger partial charge is 0.326 e. The van der Waals surface area contributed by atoms with Crippen LogP contribution in [0.25, 0.3) is 11.1 Å². The summed E-state index contributed by atoms with van der Waals surface area (Å²) in [6.07, 6.45) is 3.11. The number of allylic oxidation sites excluding steroid dienone is 6. The average Bonchev–Trinajstić information content (AvgIpc) is 3.52. The summed E-state index contributed by atoms with van der Waals surface area (Å²) in [7, 11) is -4.19. The van der Waals surface area contributed by atoms with Gasteiger partial charge in [-0.15, -0.1) is 0 Å². The number of rotatable bonds is 17. The summed E-state index contributed by atoms with van der Waals surface area (Å²) in [5, 5.41) is 15.7. The molecular weight excluding hydrogens is 807 g/mol. The van der Waals surface area contributed by atoms with Gasteiger partial charge in [-0.1, -0.05) is 87.2 Å². The van der Waals surface area contributed by atoms with Crippen LogP contribution in [0.15, 0.2) is 124 Å². The Morgan fingerprint density at radius 1 is 0.952 bits per heavy atom. The summed E-state index contributed by atoms with van der Waals surface area (Å²) in [4.78, 5) is 45.1. The van der Waals surface area contributed by atoms with Crippen LogP contribution in [0.5, 0.6) is 5.75 Å². The molecule has 6 N–H and O–H groups in total. The maximum absolute atomic E-state index is 14.2. The quantitative estimate of drug-likeness (QED) is 0.0533. The predicted octanol–water partition coefficient (Wildman–Crippen LogP) is 7.13. The number of benzene rings is 3. The van der Waals surface area contributed by atoms with Gasteiger partial charge < -0.3 is 30.9 Å². The van der Waals surface area contributed by atoms with Crippen molar-refractivity contribution < 1.29 is 37.4 Å². The van der Waals surface area contributed by atoms with E-state index in [1.165, 1.54) is 0 Å². The van der Waals surface area contributed by atoms with E-state index in [0.717, 1.165) is 33.4 Å². The second kappa shape index (κ2) is 18.9. The molecule has 0 fully saturated rings.